The number of nitrogens with one attached hydrogen (secondary N) is 1. The molecule has 0 bridgehead atoms. The number of rotatable bonds is 14. The summed E-state index contributed by atoms with van der Waals surface area (Å²) < 4.78 is 243. The SMILES string of the molecule is COC(=O)[C@@H]1C[C@@]2(C(=O)Nc3cc(OC)ccc32)[C@H](c2ccccc2)N1Cc1ccc(CCC(F)(F)C(F)(F)C(F)(F)C(F)(F)C(F)(F)C(F)(F)C(F)(F)C(F)(F)F)cc1. The normalized spacial score (nSPS) is 20.9. The van der Waals surface area contributed by atoms with Gasteiger partial charge in [-0.25, -0.2) is 0 Å². The first-order valence-electron chi connectivity index (χ1n) is 17.1. The lowest BCUT2D eigenvalue weighted by atomic mass is 9.72. The molecule has 23 heteroatoms. The van der Waals surface area contributed by atoms with Crippen molar-refractivity contribution in [3.05, 3.63) is 95.1 Å². The van der Waals surface area contributed by atoms with Crippen LogP contribution in [0.15, 0.2) is 72.8 Å². The zero-order valence-electron chi connectivity index (χ0n) is 30.4. The van der Waals surface area contributed by atoms with E-state index in [1.807, 2.05) is 0 Å². The summed E-state index contributed by atoms with van der Waals surface area (Å²) in [5.74, 6) is -57.7. The number of fused-ring (bicyclic) bond motifs is 2. The summed E-state index contributed by atoms with van der Waals surface area (Å²) >= 11 is 0. The third-order valence-electron chi connectivity index (χ3n) is 10.6. The molecule has 3 aromatic rings. The van der Waals surface area contributed by atoms with Gasteiger partial charge in [-0.2, -0.15) is 74.6 Å². The number of benzene rings is 3. The molecule has 0 aromatic heterocycles. The van der Waals surface area contributed by atoms with Crippen LogP contribution in [-0.2, 0) is 32.7 Å². The topological polar surface area (TPSA) is 67.9 Å². The van der Waals surface area contributed by atoms with E-state index >= 15 is 0 Å². The largest absolute Gasteiger partial charge is 0.497 e. The second-order valence-electron chi connectivity index (χ2n) is 14.0. The van der Waals surface area contributed by atoms with Gasteiger partial charge >= 0.3 is 53.6 Å². The van der Waals surface area contributed by atoms with Gasteiger partial charge in [0.1, 0.15) is 11.8 Å². The molecule has 330 valence electrons. The van der Waals surface area contributed by atoms with Crippen molar-refractivity contribution in [2.75, 3.05) is 19.5 Å². The highest BCUT2D eigenvalue weighted by atomic mass is 19.4. The van der Waals surface area contributed by atoms with Crippen LogP contribution in [-0.4, -0.2) is 84.7 Å². The van der Waals surface area contributed by atoms with Crippen molar-refractivity contribution in [2.45, 2.75) is 90.9 Å². The van der Waals surface area contributed by atoms with Gasteiger partial charge in [-0.1, -0.05) is 60.7 Å². The number of nitrogens with zero attached hydrogens (tertiary/aromatic N) is 1. The minimum atomic E-state index is -8.70. The number of anilines is 1. The van der Waals surface area contributed by atoms with Crippen molar-refractivity contribution in [3.63, 3.8) is 0 Å². The summed E-state index contributed by atoms with van der Waals surface area (Å²) in [4.78, 5) is 28.8. The number of hydrogen-bond donors (Lipinski definition) is 1. The predicted octanol–water partition coefficient (Wildman–Crippen LogP) is 10.0. The molecule has 0 radical (unpaired) electrons. The molecule has 1 fully saturated rings. The molecular weight excluding hydrogens is 859 g/mol. The number of hydrogen-bond acceptors (Lipinski definition) is 5. The predicted molar refractivity (Wildman–Crippen MR) is 174 cm³/mol. The molecule has 2 heterocycles. The maximum absolute atomic E-state index is 14.6. The first kappa shape index (κ1) is 46.2. The van der Waals surface area contributed by atoms with Gasteiger partial charge in [0.2, 0.25) is 5.91 Å². The second-order valence-corrected chi connectivity index (χ2v) is 14.0. The highest BCUT2D eigenvalue weighted by molar-refractivity contribution is 6.08. The number of ether oxygens (including phenoxy) is 2. The van der Waals surface area contributed by atoms with Crippen LogP contribution in [0.1, 0.15) is 41.1 Å². The third-order valence-corrected chi connectivity index (χ3v) is 10.6. The monoisotopic (exact) mass is 888 g/mol. The Bertz CT molecular complexity index is 2080. The van der Waals surface area contributed by atoms with E-state index in [4.69, 9.17) is 9.47 Å². The number of likely N-dealkylation sites (tertiary alicyclic amines) is 1. The Labute approximate surface area is 327 Å². The van der Waals surface area contributed by atoms with Crippen molar-refractivity contribution < 1.29 is 93.7 Å². The summed E-state index contributed by atoms with van der Waals surface area (Å²) in [6, 6.07) is 15.3. The first-order valence-corrected chi connectivity index (χ1v) is 17.1. The average molecular weight is 889 g/mol. The minimum Gasteiger partial charge on any atom is -0.497 e. The lowest BCUT2D eigenvalue weighted by molar-refractivity contribution is -0.461. The molecular formula is C37H29F17N2O4. The molecule has 1 spiro atoms. The summed E-state index contributed by atoms with van der Waals surface area (Å²) in [5, 5.41) is 2.81. The van der Waals surface area contributed by atoms with Crippen LogP contribution >= 0.6 is 0 Å². The zero-order valence-corrected chi connectivity index (χ0v) is 30.4. The zero-order chi connectivity index (χ0) is 45.3. The molecule has 3 atom stereocenters. The number of carbonyl (C=O) groups excluding carboxylic acids is 2. The Hall–Kier alpha value is -4.83. The molecule has 2 aliphatic heterocycles. The van der Waals surface area contributed by atoms with Crippen molar-refractivity contribution >= 4 is 17.6 Å². The summed E-state index contributed by atoms with van der Waals surface area (Å²) in [6.07, 6.45) is -12.0. The highest BCUT2D eigenvalue weighted by Crippen LogP contribution is 2.64. The average Bonchev–Trinajstić information content (AvgIpc) is 3.66. The fraction of sp³-hybridized carbons (Fsp3) is 0.459. The van der Waals surface area contributed by atoms with E-state index in [9.17, 15) is 84.2 Å². The molecule has 1 saturated heterocycles. The van der Waals surface area contributed by atoms with E-state index in [-0.39, 0.29) is 18.5 Å². The van der Waals surface area contributed by atoms with Gasteiger partial charge in [0.15, 0.2) is 0 Å². The second kappa shape index (κ2) is 15.0. The molecule has 6 nitrogen and oxygen atoms in total. The van der Waals surface area contributed by atoms with Gasteiger partial charge in [-0.15, -0.1) is 0 Å². The van der Waals surface area contributed by atoms with Crippen LogP contribution < -0.4 is 10.1 Å². The summed E-state index contributed by atoms with van der Waals surface area (Å²) in [6.45, 7) is -0.220. The van der Waals surface area contributed by atoms with Gasteiger partial charge in [0.05, 0.1) is 25.7 Å². The van der Waals surface area contributed by atoms with Gasteiger partial charge in [-0.05, 0) is 41.2 Å². The maximum Gasteiger partial charge on any atom is 0.460 e. The first-order chi connectivity index (χ1) is 27.4. The van der Waals surface area contributed by atoms with Crippen LogP contribution in [0.2, 0.25) is 0 Å². The number of esters is 1. The van der Waals surface area contributed by atoms with Crippen LogP contribution in [0, 0.1) is 0 Å². The van der Waals surface area contributed by atoms with Crippen LogP contribution in [0.5, 0.6) is 5.75 Å². The van der Waals surface area contributed by atoms with Crippen LogP contribution in [0.3, 0.4) is 0 Å². The Morgan fingerprint density at radius 3 is 1.73 bits per heavy atom. The maximum atomic E-state index is 14.6. The summed E-state index contributed by atoms with van der Waals surface area (Å²) in [5.41, 5.74) is -0.218. The Morgan fingerprint density at radius 2 is 1.22 bits per heavy atom. The number of carbonyl (C=O) groups is 2. The van der Waals surface area contributed by atoms with Crippen molar-refractivity contribution in [3.8, 4) is 5.75 Å². The van der Waals surface area contributed by atoms with Gasteiger partial charge < -0.3 is 14.8 Å². The number of amides is 1. The van der Waals surface area contributed by atoms with Crippen molar-refractivity contribution in [1.82, 2.24) is 4.90 Å². The summed E-state index contributed by atoms with van der Waals surface area (Å²) in [7, 11) is 2.49. The van der Waals surface area contributed by atoms with Gasteiger partial charge in [0.25, 0.3) is 0 Å². The molecule has 1 amide bonds. The lowest BCUT2D eigenvalue weighted by Crippen LogP contribution is -2.74. The quantitative estimate of drug-likeness (QED) is 0.129. The molecule has 60 heavy (non-hydrogen) atoms. The molecule has 5 rings (SSSR count). The van der Waals surface area contributed by atoms with E-state index in [0.29, 0.717) is 22.6 Å². The number of halogens is 17. The smallest absolute Gasteiger partial charge is 0.460 e. The third kappa shape index (κ3) is 6.77. The molecule has 2 aliphatic rings. The molecule has 0 unspecified atom stereocenters. The van der Waals surface area contributed by atoms with Crippen molar-refractivity contribution in [1.29, 1.82) is 0 Å². The molecule has 1 N–H and O–H groups in total. The van der Waals surface area contributed by atoms with E-state index in [0.717, 1.165) is 31.4 Å². The number of alkyl halides is 17. The van der Waals surface area contributed by atoms with Crippen LogP contribution in [0.25, 0.3) is 0 Å². The van der Waals surface area contributed by atoms with Crippen LogP contribution in [0.4, 0.5) is 80.3 Å². The Balaban J connectivity index is 1.42. The highest BCUT2D eigenvalue weighted by Gasteiger charge is 2.95. The van der Waals surface area contributed by atoms with E-state index in [1.165, 1.54) is 7.11 Å². The molecule has 0 aliphatic carbocycles. The lowest BCUT2D eigenvalue weighted by Gasteiger charge is -2.42. The standard InChI is InChI=1S/C37H29F17N2O4/c1-59-22-12-13-23-24(16-22)55-28(58)29(23)17-25(27(57)60-2)56(26(29)21-6-4-3-5-7-21)18-20-10-8-19(9-11-20)14-15-30(38,39)31(40,41)32(42,43)33(44,45)34(46,47)35(48,49)36(50,51)37(52,53)54/h3-13,16,25-26H,14-15,17-18H2,1-2H3,(H,55,58)/t25-,26-,29-/m0/s1. The van der Waals surface area contributed by atoms with Gasteiger partial charge in [0, 0.05) is 24.7 Å². The Morgan fingerprint density at radius 1 is 0.700 bits per heavy atom. The Kier molecular flexibility index (Phi) is 11.5. The fourth-order valence-electron chi connectivity index (χ4n) is 7.31. The van der Waals surface area contributed by atoms with Crippen molar-refractivity contribution in [2.24, 2.45) is 0 Å². The number of aryl methyl sites for hydroxylation is 1. The van der Waals surface area contributed by atoms with E-state index < -0.39 is 95.4 Å². The number of methoxy groups -OCH3 is 2. The molecule has 3 aromatic carbocycles. The molecule has 0 saturated carbocycles. The minimum absolute atomic E-state index is 0.135. The van der Waals surface area contributed by atoms with E-state index in [2.05, 4.69) is 5.32 Å². The van der Waals surface area contributed by atoms with E-state index in [1.54, 1.807) is 53.4 Å². The van der Waals surface area contributed by atoms with Gasteiger partial charge in [-0.3, -0.25) is 14.5 Å². The fourth-order valence-corrected chi connectivity index (χ4v) is 7.31.